The van der Waals surface area contributed by atoms with Crippen molar-refractivity contribution < 1.29 is 8.42 Å². The molecule has 2 aromatic rings. The largest absolute Gasteiger partial charge is 0.276 e. The number of sulfonamides is 1. The van der Waals surface area contributed by atoms with Crippen molar-refractivity contribution in [1.29, 1.82) is 5.26 Å². The molecule has 2 aromatic carbocycles. The van der Waals surface area contributed by atoms with Crippen LogP contribution in [-0.4, -0.2) is 14.1 Å². The number of nitrogens with zero attached hydrogens (tertiary/aromatic N) is 2. The van der Waals surface area contributed by atoms with E-state index in [1.165, 1.54) is 12.1 Å². The predicted octanol–water partition coefficient (Wildman–Crippen LogP) is 3.02. The van der Waals surface area contributed by atoms with Gasteiger partial charge in [-0.1, -0.05) is 28.1 Å². The quantitative estimate of drug-likeness (QED) is 0.656. The number of nitrogens with one attached hydrogen (secondary N) is 1. The molecule has 2 rings (SSSR count). The average molecular weight is 378 g/mol. The molecule has 22 heavy (non-hydrogen) atoms. The number of hydrogen-bond donors (Lipinski definition) is 1. The molecule has 0 aromatic heterocycles. The molecule has 0 aliphatic carbocycles. The number of halogens is 1. The number of benzene rings is 2. The number of rotatable bonds is 4. The summed E-state index contributed by atoms with van der Waals surface area (Å²) >= 11 is 3.25. The Morgan fingerprint density at radius 1 is 1.14 bits per heavy atom. The van der Waals surface area contributed by atoms with Gasteiger partial charge >= 0.3 is 0 Å². The number of nitriles is 1. The maximum absolute atomic E-state index is 12.1. The third-order valence-electron chi connectivity index (χ3n) is 2.89. The Morgan fingerprint density at radius 3 is 2.27 bits per heavy atom. The van der Waals surface area contributed by atoms with Crippen molar-refractivity contribution >= 4 is 31.7 Å². The fourth-order valence-electron chi connectivity index (χ4n) is 1.65. The van der Waals surface area contributed by atoms with E-state index in [0.717, 1.165) is 10.0 Å². The van der Waals surface area contributed by atoms with Crippen molar-refractivity contribution in [3.63, 3.8) is 0 Å². The second kappa shape index (κ2) is 6.73. The fourth-order valence-corrected chi connectivity index (χ4v) is 2.77. The first-order valence-electron chi connectivity index (χ1n) is 6.24. The normalized spacial score (nSPS) is 11.8. The fraction of sp³-hybridized carbons (Fsp3) is 0.0667. The number of hydrogen-bond acceptors (Lipinski definition) is 4. The van der Waals surface area contributed by atoms with Crippen molar-refractivity contribution in [2.45, 2.75) is 11.8 Å². The lowest BCUT2D eigenvalue weighted by Crippen LogP contribution is -2.19. The van der Waals surface area contributed by atoms with Gasteiger partial charge in [0.1, 0.15) is 0 Å². The van der Waals surface area contributed by atoms with Crippen LogP contribution in [0.25, 0.3) is 0 Å². The van der Waals surface area contributed by atoms with Crippen LogP contribution in [0.4, 0.5) is 0 Å². The first-order valence-corrected chi connectivity index (χ1v) is 8.52. The SMILES string of the molecule is CC(=NNS(=O)(=O)c1ccc(Br)cc1)c1ccc(C#N)cc1. The molecule has 0 aliphatic rings. The summed E-state index contributed by atoms with van der Waals surface area (Å²) in [5, 5.41) is 12.7. The molecular weight excluding hydrogens is 366 g/mol. The van der Waals surface area contributed by atoms with Crippen LogP contribution in [0.2, 0.25) is 0 Å². The summed E-state index contributed by atoms with van der Waals surface area (Å²) in [4.78, 5) is 2.33. The molecule has 0 amide bonds. The van der Waals surface area contributed by atoms with Crippen molar-refractivity contribution in [3.05, 3.63) is 64.1 Å². The van der Waals surface area contributed by atoms with Crippen LogP contribution in [0.15, 0.2) is 63.0 Å². The molecule has 0 saturated heterocycles. The van der Waals surface area contributed by atoms with E-state index in [1.54, 1.807) is 43.3 Å². The topological polar surface area (TPSA) is 82.3 Å². The van der Waals surface area contributed by atoms with Gasteiger partial charge in [-0.15, -0.1) is 0 Å². The maximum atomic E-state index is 12.1. The number of hydrazone groups is 1. The van der Waals surface area contributed by atoms with Crippen LogP contribution in [0, 0.1) is 11.3 Å². The Hall–Kier alpha value is -2.17. The van der Waals surface area contributed by atoms with Crippen LogP contribution >= 0.6 is 15.9 Å². The van der Waals surface area contributed by atoms with Gasteiger partial charge in [-0.25, -0.2) is 0 Å². The zero-order chi connectivity index (χ0) is 16.2. The van der Waals surface area contributed by atoms with Crippen LogP contribution < -0.4 is 4.83 Å². The zero-order valence-corrected chi connectivity index (χ0v) is 14.0. The molecule has 112 valence electrons. The van der Waals surface area contributed by atoms with Gasteiger partial charge in [0.05, 0.1) is 22.2 Å². The molecule has 1 N–H and O–H groups in total. The van der Waals surface area contributed by atoms with Crippen LogP contribution in [0.3, 0.4) is 0 Å². The highest BCUT2D eigenvalue weighted by Crippen LogP contribution is 2.14. The Balaban J connectivity index is 2.18. The molecule has 7 heteroatoms. The first kappa shape index (κ1) is 16.2. The molecule has 5 nitrogen and oxygen atoms in total. The zero-order valence-electron chi connectivity index (χ0n) is 11.6. The standard InChI is InChI=1S/C15H12BrN3O2S/c1-11(13-4-2-12(10-17)3-5-13)18-19-22(20,21)15-8-6-14(16)7-9-15/h2-9,19H,1H3. The third kappa shape index (κ3) is 3.93. The lowest BCUT2D eigenvalue weighted by molar-refractivity contribution is 0.584. The highest BCUT2D eigenvalue weighted by Gasteiger charge is 2.12. The van der Waals surface area contributed by atoms with E-state index in [2.05, 4.69) is 25.9 Å². The highest BCUT2D eigenvalue weighted by molar-refractivity contribution is 9.10. The van der Waals surface area contributed by atoms with Gasteiger partial charge in [-0.3, -0.25) is 0 Å². The van der Waals surface area contributed by atoms with E-state index in [1.807, 2.05) is 6.07 Å². The van der Waals surface area contributed by atoms with Gasteiger partial charge in [-0.05, 0) is 48.9 Å². The molecule has 0 heterocycles. The highest BCUT2D eigenvalue weighted by atomic mass is 79.9. The van der Waals surface area contributed by atoms with Crippen LogP contribution in [0.1, 0.15) is 18.1 Å². The van der Waals surface area contributed by atoms with E-state index in [9.17, 15) is 8.42 Å². The predicted molar refractivity (Wildman–Crippen MR) is 87.8 cm³/mol. The van der Waals surface area contributed by atoms with E-state index < -0.39 is 10.0 Å². The molecular formula is C15H12BrN3O2S. The lowest BCUT2D eigenvalue weighted by atomic mass is 10.1. The lowest BCUT2D eigenvalue weighted by Gasteiger charge is -2.05. The van der Waals surface area contributed by atoms with Crippen LogP contribution in [-0.2, 0) is 10.0 Å². The van der Waals surface area contributed by atoms with Gasteiger partial charge in [0, 0.05) is 4.47 Å². The molecule has 0 atom stereocenters. The molecule has 0 unspecified atom stereocenters. The molecule has 0 saturated carbocycles. The van der Waals surface area contributed by atoms with Gasteiger partial charge in [0.25, 0.3) is 10.0 Å². The second-order valence-electron chi connectivity index (χ2n) is 4.44. The summed E-state index contributed by atoms with van der Waals surface area (Å²) in [7, 11) is -3.70. The Kier molecular flexibility index (Phi) is 4.96. The second-order valence-corrected chi connectivity index (χ2v) is 7.01. The molecule has 0 bridgehead atoms. The molecule has 0 aliphatic heterocycles. The molecule has 0 spiro atoms. The molecule has 0 fully saturated rings. The Labute approximate surface area is 137 Å². The Bertz CT molecular complexity index is 836. The van der Waals surface area contributed by atoms with Gasteiger partial charge in [0.2, 0.25) is 0 Å². The molecule has 0 radical (unpaired) electrons. The van der Waals surface area contributed by atoms with E-state index in [0.29, 0.717) is 11.3 Å². The minimum atomic E-state index is -3.70. The van der Waals surface area contributed by atoms with Gasteiger partial charge in [-0.2, -0.15) is 23.6 Å². The van der Waals surface area contributed by atoms with Crippen LogP contribution in [0.5, 0.6) is 0 Å². The van der Waals surface area contributed by atoms with Crippen molar-refractivity contribution in [3.8, 4) is 6.07 Å². The van der Waals surface area contributed by atoms with E-state index >= 15 is 0 Å². The summed E-state index contributed by atoms with van der Waals surface area (Å²) in [6.45, 7) is 1.69. The van der Waals surface area contributed by atoms with E-state index in [4.69, 9.17) is 5.26 Å². The summed E-state index contributed by atoms with van der Waals surface area (Å²) in [5.74, 6) is 0. The first-order chi connectivity index (χ1) is 10.4. The Morgan fingerprint density at radius 2 is 1.73 bits per heavy atom. The third-order valence-corrected chi connectivity index (χ3v) is 4.64. The smallest absolute Gasteiger partial charge is 0.200 e. The summed E-state index contributed by atoms with van der Waals surface area (Å²) in [6, 6.07) is 15.0. The van der Waals surface area contributed by atoms with Gasteiger partial charge in [0.15, 0.2) is 0 Å². The van der Waals surface area contributed by atoms with E-state index in [-0.39, 0.29) is 4.90 Å². The average Bonchev–Trinajstić information content (AvgIpc) is 2.53. The van der Waals surface area contributed by atoms with Crippen molar-refractivity contribution in [1.82, 2.24) is 4.83 Å². The minimum absolute atomic E-state index is 0.132. The summed E-state index contributed by atoms with van der Waals surface area (Å²) in [6.07, 6.45) is 0. The van der Waals surface area contributed by atoms with Gasteiger partial charge < -0.3 is 0 Å². The summed E-state index contributed by atoms with van der Waals surface area (Å²) in [5.41, 5.74) is 1.77. The van der Waals surface area contributed by atoms with Crippen molar-refractivity contribution in [2.75, 3.05) is 0 Å². The monoisotopic (exact) mass is 377 g/mol. The summed E-state index contributed by atoms with van der Waals surface area (Å²) < 4.78 is 25.0. The minimum Gasteiger partial charge on any atom is -0.200 e. The van der Waals surface area contributed by atoms with Crippen molar-refractivity contribution in [2.24, 2.45) is 5.10 Å². The maximum Gasteiger partial charge on any atom is 0.276 e.